The highest BCUT2D eigenvalue weighted by Crippen LogP contribution is 2.26. The summed E-state index contributed by atoms with van der Waals surface area (Å²) in [6.45, 7) is 4.33. The Labute approximate surface area is 112 Å². The molecule has 0 amide bonds. The predicted octanol–water partition coefficient (Wildman–Crippen LogP) is 3.69. The van der Waals surface area contributed by atoms with Crippen LogP contribution in [0.3, 0.4) is 0 Å². The van der Waals surface area contributed by atoms with Crippen molar-refractivity contribution in [2.45, 2.75) is 19.9 Å². The monoisotopic (exact) mass is 261 g/mol. The first-order chi connectivity index (χ1) is 8.58. The van der Waals surface area contributed by atoms with E-state index in [4.69, 9.17) is 0 Å². The summed E-state index contributed by atoms with van der Waals surface area (Å²) in [5.74, 6) is 0.973. The molecule has 2 aromatic rings. The normalized spacial score (nSPS) is 12.2. The first-order valence-corrected chi connectivity index (χ1v) is 6.90. The Kier molecular flexibility index (Phi) is 3.87. The second-order valence-corrected chi connectivity index (χ2v) is 5.58. The number of aryl methyl sites for hydroxylation is 1. The summed E-state index contributed by atoms with van der Waals surface area (Å²) in [6, 6.07) is 6.57. The van der Waals surface area contributed by atoms with Crippen molar-refractivity contribution in [2.24, 2.45) is 0 Å². The number of nitrogens with zero attached hydrogens (tertiary/aromatic N) is 2. The quantitative estimate of drug-likeness (QED) is 0.909. The van der Waals surface area contributed by atoms with Crippen molar-refractivity contribution in [3.8, 4) is 0 Å². The van der Waals surface area contributed by atoms with Gasteiger partial charge in [-0.3, -0.25) is 0 Å². The first kappa shape index (κ1) is 12.9. The number of hydrogen-bond acceptors (Lipinski definition) is 4. The minimum Gasteiger partial charge on any atom is -0.376 e. The molecule has 0 saturated heterocycles. The van der Waals surface area contributed by atoms with Gasteiger partial charge in [-0.15, -0.1) is 11.3 Å². The maximum atomic E-state index is 4.40. The number of rotatable bonds is 4. The lowest BCUT2D eigenvalue weighted by molar-refractivity contribution is 0.896. The van der Waals surface area contributed by atoms with Gasteiger partial charge >= 0.3 is 0 Å². The minimum absolute atomic E-state index is 0.317. The van der Waals surface area contributed by atoms with Crippen molar-refractivity contribution in [3.63, 3.8) is 0 Å². The molecule has 0 aliphatic rings. The zero-order chi connectivity index (χ0) is 13.1. The topological polar surface area (TPSA) is 28.2 Å². The van der Waals surface area contributed by atoms with E-state index in [0.717, 1.165) is 11.5 Å². The molecule has 0 aliphatic carbocycles. The van der Waals surface area contributed by atoms with E-state index in [1.165, 1.54) is 10.4 Å². The van der Waals surface area contributed by atoms with Crippen molar-refractivity contribution in [1.82, 2.24) is 4.98 Å². The number of hydrogen-bond donors (Lipinski definition) is 1. The van der Waals surface area contributed by atoms with Crippen LogP contribution in [0.5, 0.6) is 0 Å². The Morgan fingerprint density at radius 1 is 1.28 bits per heavy atom. The van der Waals surface area contributed by atoms with E-state index in [2.05, 4.69) is 41.7 Å². The van der Waals surface area contributed by atoms with Gasteiger partial charge < -0.3 is 10.2 Å². The molecule has 0 radical (unpaired) electrons. The molecule has 2 aromatic heterocycles. The van der Waals surface area contributed by atoms with Crippen LogP contribution in [-0.4, -0.2) is 19.1 Å². The highest BCUT2D eigenvalue weighted by molar-refractivity contribution is 7.10. The van der Waals surface area contributed by atoms with Crippen LogP contribution in [0.4, 0.5) is 11.5 Å². The Bertz CT molecular complexity index is 502. The molecular weight excluding hydrogens is 242 g/mol. The SMILES string of the molecule is Cc1ccsc1C(C)Nc1ccc(N(C)C)nc1. The molecule has 96 valence electrons. The summed E-state index contributed by atoms with van der Waals surface area (Å²) in [5, 5.41) is 5.62. The molecule has 1 N–H and O–H groups in total. The van der Waals surface area contributed by atoms with Gasteiger partial charge in [0.25, 0.3) is 0 Å². The van der Waals surface area contributed by atoms with Gasteiger partial charge in [0.15, 0.2) is 0 Å². The maximum absolute atomic E-state index is 4.40. The Morgan fingerprint density at radius 2 is 2.06 bits per heavy atom. The van der Waals surface area contributed by atoms with Crippen LogP contribution in [0.15, 0.2) is 29.8 Å². The van der Waals surface area contributed by atoms with Crippen molar-refractivity contribution in [3.05, 3.63) is 40.2 Å². The van der Waals surface area contributed by atoms with Gasteiger partial charge in [-0.05, 0) is 43.0 Å². The van der Waals surface area contributed by atoms with E-state index in [1.54, 1.807) is 11.3 Å². The average molecular weight is 261 g/mol. The highest BCUT2D eigenvalue weighted by Gasteiger charge is 2.09. The molecule has 2 heterocycles. The van der Waals surface area contributed by atoms with Crippen molar-refractivity contribution >= 4 is 22.8 Å². The summed E-state index contributed by atoms with van der Waals surface area (Å²) < 4.78 is 0. The zero-order valence-electron chi connectivity index (χ0n) is 11.3. The second-order valence-electron chi connectivity index (χ2n) is 4.63. The van der Waals surface area contributed by atoms with Crippen molar-refractivity contribution < 1.29 is 0 Å². The van der Waals surface area contributed by atoms with Gasteiger partial charge in [0.2, 0.25) is 0 Å². The summed E-state index contributed by atoms with van der Waals surface area (Å²) in [4.78, 5) is 7.78. The molecule has 0 bridgehead atoms. The molecule has 0 spiro atoms. The van der Waals surface area contributed by atoms with Gasteiger partial charge in [0, 0.05) is 19.0 Å². The smallest absolute Gasteiger partial charge is 0.128 e. The summed E-state index contributed by atoms with van der Waals surface area (Å²) in [5.41, 5.74) is 2.40. The van der Waals surface area contributed by atoms with Crippen LogP contribution < -0.4 is 10.2 Å². The fraction of sp³-hybridized carbons (Fsp3) is 0.357. The third kappa shape index (κ3) is 2.82. The van der Waals surface area contributed by atoms with E-state index in [0.29, 0.717) is 6.04 Å². The van der Waals surface area contributed by atoms with Gasteiger partial charge in [-0.2, -0.15) is 0 Å². The van der Waals surface area contributed by atoms with Crippen LogP contribution in [0.2, 0.25) is 0 Å². The summed E-state index contributed by atoms with van der Waals surface area (Å²) >= 11 is 1.79. The van der Waals surface area contributed by atoms with Gasteiger partial charge in [-0.25, -0.2) is 4.98 Å². The van der Waals surface area contributed by atoms with E-state index in [9.17, 15) is 0 Å². The third-order valence-corrected chi connectivity index (χ3v) is 4.09. The van der Waals surface area contributed by atoms with Gasteiger partial charge in [-0.1, -0.05) is 0 Å². The van der Waals surface area contributed by atoms with Gasteiger partial charge in [0.1, 0.15) is 5.82 Å². The van der Waals surface area contributed by atoms with Crippen LogP contribution >= 0.6 is 11.3 Å². The van der Waals surface area contributed by atoms with E-state index in [1.807, 2.05) is 31.3 Å². The molecule has 4 heteroatoms. The molecule has 3 nitrogen and oxygen atoms in total. The molecule has 18 heavy (non-hydrogen) atoms. The number of pyridine rings is 1. The lowest BCUT2D eigenvalue weighted by Gasteiger charge is -2.16. The lowest BCUT2D eigenvalue weighted by atomic mass is 10.2. The lowest BCUT2D eigenvalue weighted by Crippen LogP contribution is -2.11. The predicted molar refractivity (Wildman–Crippen MR) is 79.7 cm³/mol. The first-order valence-electron chi connectivity index (χ1n) is 6.02. The second kappa shape index (κ2) is 5.40. The summed E-state index contributed by atoms with van der Waals surface area (Å²) in [7, 11) is 3.99. The Hall–Kier alpha value is -1.55. The number of thiophene rings is 1. The largest absolute Gasteiger partial charge is 0.376 e. The molecule has 1 atom stereocenters. The van der Waals surface area contributed by atoms with Crippen molar-refractivity contribution in [1.29, 1.82) is 0 Å². The third-order valence-electron chi connectivity index (χ3n) is 2.88. The minimum atomic E-state index is 0.317. The van der Waals surface area contributed by atoms with Gasteiger partial charge in [0.05, 0.1) is 17.9 Å². The number of anilines is 2. The zero-order valence-corrected chi connectivity index (χ0v) is 12.1. The van der Waals surface area contributed by atoms with Crippen LogP contribution in [-0.2, 0) is 0 Å². The van der Waals surface area contributed by atoms with Crippen molar-refractivity contribution in [2.75, 3.05) is 24.3 Å². The molecule has 2 rings (SSSR count). The molecule has 0 saturated carbocycles. The fourth-order valence-electron chi connectivity index (χ4n) is 1.88. The number of nitrogens with one attached hydrogen (secondary N) is 1. The van der Waals surface area contributed by atoms with E-state index in [-0.39, 0.29) is 0 Å². The summed E-state index contributed by atoms with van der Waals surface area (Å²) in [6.07, 6.45) is 1.88. The van der Waals surface area contributed by atoms with E-state index >= 15 is 0 Å². The average Bonchev–Trinajstić information content (AvgIpc) is 2.76. The molecule has 1 unspecified atom stereocenters. The van der Waals surface area contributed by atoms with Crippen LogP contribution in [0.25, 0.3) is 0 Å². The molecular formula is C14H19N3S. The Balaban J connectivity index is 2.08. The fourth-order valence-corrected chi connectivity index (χ4v) is 2.82. The van der Waals surface area contributed by atoms with E-state index < -0.39 is 0 Å². The number of aromatic nitrogens is 1. The Morgan fingerprint density at radius 3 is 2.56 bits per heavy atom. The molecule has 0 aliphatic heterocycles. The van der Waals surface area contributed by atoms with Crippen LogP contribution in [0.1, 0.15) is 23.4 Å². The molecule has 0 aromatic carbocycles. The highest BCUT2D eigenvalue weighted by atomic mass is 32.1. The molecule has 0 fully saturated rings. The van der Waals surface area contributed by atoms with Crippen LogP contribution in [0, 0.1) is 6.92 Å². The standard InChI is InChI=1S/C14H19N3S/c1-10-7-8-18-14(10)11(2)16-12-5-6-13(15-9-12)17(3)4/h5-9,11,16H,1-4H3. The maximum Gasteiger partial charge on any atom is 0.128 e.